The minimum absolute atomic E-state index is 0.201. The van der Waals surface area contributed by atoms with E-state index in [1.807, 2.05) is 26.8 Å². The molecule has 0 saturated heterocycles. The van der Waals surface area contributed by atoms with Crippen molar-refractivity contribution in [2.24, 2.45) is 0 Å². The standard InChI is InChI=1S/C16H18N2OS/c1-11(2)19-15-4-5-16-13(8-15)6-7-18(16)9-14-10-20-12(3)17-14/h4-8,10-11H,9H2,1-3H3. The molecule has 20 heavy (non-hydrogen) atoms. The van der Waals surface area contributed by atoms with Crippen molar-refractivity contribution in [2.45, 2.75) is 33.4 Å². The second-order valence-corrected chi connectivity index (χ2v) is 6.25. The Bertz CT molecular complexity index is 727. The Morgan fingerprint density at radius 3 is 2.85 bits per heavy atom. The molecule has 0 saturated carbocycles. The van der Waals surface area contributed by atoms with Gasteiger partial charge in [-0.25, -0.2) is 4.98 Å². The number of thiazole rings is 1. The number of aromatic nitrogens is 2. The predicted molar refractivity (Wildman–Crippen MR) is 83.7 cm³/mol. The molecule has 0 aliphatic rings. The van der Waals surface area contributed by atoms with Crippen LogP contribution >= 0.6 is 11.3 Å². The lowest BCUT2D eigenvalue weighted by Gasteiger charge is -2.10. The smallest absolute Gasteiger partial charge is 0.120 e. The van der Waals surface area contributed by atoms with Crippen LogP contribution in [0.1, 0.15) is 24.5 Å². The van der Waals surface area contributed by atoms with Crippen LogP contribution < -0.4 is 4.74 Å². The lowest BCUT2D eigenvalue weighted by atomic mass is 10.2. The summed E-state index contributed by atoms with van der Waals surface area (Å²) in [5, 5.41) is 4.44. The molecule has 0 amide bonds. The van der Waals surface area contributed by atoms with E-state index in [-0.39, 0.29) is 6.10 Å². The summed E-state index contributed by atoms with van der Waals surface area (Å²) < 4.78 is 7.96. The van der Waals surface area contributed by atoms with Gasteiger partial charge in [-0.1, -0.05) is 0 Å². The van der Waals surface area contributed by atoms with Crippen molar-refractivity contribution in [3.63, 3.8) is 0 Å². The number of hydrogen-bond acceptors (Lipinski definition) is 3. The lowest BCUT2D eigenvalue weighted by molar-refractivity contribution is 0.243. The van der Waals surface area contributed by atoms with Crippen molar-refractivity contribution in [3.8, 4) is 5.75 Å². The zero-order valence-corrected chi connectivity index (χ0v) is 12.8. The van der Waals surface area contributed by atoms with E-state index >= 15 is 0 Å². The van der Waals surface area contributed by atoms with Gasteiger partial charge < -0.3 is 9.30 Å². The van der Waals surface area contributed by atoms with Crippen LogP contribution in [0, 0.1) is 6.92 Å². The van der Waals surface area contributed by atoms with Crippen LogP contribution in [-0.2, 0) is 6.54 Å². The first kappa shape index (κ1) is 13.2. The van der Waals surface area contributed by atoms with Gasteiger partial charge in [-0.05, 0) is 45.0 Å². The zero-order chi connectivity index (χ0) is 14.1. The molecule has 0 fully saturated rings. The van der Waals surface area contributed by atoms with Crippen molar-refractivity contribution in [1.82, 2.24) is 9.55 Å². The molecule has 4 heteroatoms. The SMILES string of the molecule is Cc1nc(Cn2ccc3cc(OC(C)C)ccc32)cs1. The average Bonchev–Trinajstić information content (AvgIpc) is 2.96. The van der Waals surface area contributed by atoms with E-state index in [2.05, 4.69) is 39.3 Å². The number of ether oxygens (including phenoxy) is 1. The maximum absolute atomic E-state index is 5.73. The highest BCUT2D eigenvalue weighted by molar-refractivity contribution is 7.09. The van der Waals surface area contributed by atoms with Gasteiger partial charge in [0.25, 0.3) is 0 Å². The second-order valence-electron chi connectivity index (χ2n) is 5.19. The number of rotatable bonds is 4. The molecule has 0 aliphatic heterocycles. The Labute approximate surface area is 122 Å². The van der Waals surface area contributed by atoms with Crippen molar-refractivity contribution in [1.29, 1.82) is 0 Å². The fourth-order valence-corrected chi connectivity index (χ4v) is 2.92. The monoisotopic (exact) mass is 286 g/mol. The molecule has 0 aliphatic carbocycles. The van der Waals surface area contributed by atoms with E-state index in [1.165, 1.54) is 10.9 Å². The van der Waals surface area contributed by atoms with E-state index in [0.29, 0.717) is 0 Å². The summed E-state index contributed by atoms with van der Waals surface area (Å²) >= 11 is 1.70. The van der Waals surface area contributed by atoms with Gasteiger partial charge in [-0.2, -0.15) is 0 Å². The van der Waals surface area contributed by atoms with Gasteiger partial charge in [0.1, 0.15) is 5.75 Å². The normalized spacial score (nSPS) is 11.4. The van der Waals surface area contributed by atoms with E-state index in [1.54, 1.807) is 11.3 Å². The predicted octanol–water partition coefficient (Wildman–Crippen LogP) is 4.24. The van der Waals surface area contributed by atoms with Gasteiger partial charge in [0.05, 0.1) is 23.4 Å². The highest BCUT2D eigenvalue weighted by Gasteiger charge is 2.06. The Kier molecular flexibility index (Phi) is 3.49. The van der Waals surface area contributed by atoms with Crippen LogP contribution in [0.2, 0.25) is 0 Å². The van der Waals surface area contributed by atoms with Crippen LogP contribution in [0.15, 0.2) is 35.8 Å². The van der Waals surface area contributed by atoms with E-state index < -0.39 is 0 Å². The third-order valence-electron chi connectivity index (χ3n) is 3.11. The van der Waals surface area contributed by atoms with Gasteiger partial charge in [0.2, 0.25) is 0 Å². The minimum Gasteiger partial charge on any atom is -0.491 e. The quantitative estimate of drug-likeness (QED) is 0.717. The Morgan fingerprint density at radius 2 is 2.15 bits per heavy atom. The molecule has 2 heterocycles. The third-order valence-corrected chi connectivity index (χ3v) is 3.94. The summed E-state index contributed by atoms with van der Waals surface area (Å²) in [6, 6.07) is 8.37. The van der Waals surface area contributed by atoms with E-state index in [9.17, 15) is 0 Å². The maximum atomic E-state index is 5.73. The molecule has 3 nitrogen and oxygen atoms in total. The Hall–Kier alpha value is -1.81. The van der Waals surface area contributed by atoms with Gasteiger partial charge in [-0.15, -0.1) is 11.3 Å². The number of benzene rings is 1. The molecule has 3 rings (SSSR count). The van der Waals surface area contributed by atoms with Crippen LogP contribution in [0.4, 0.5) is 0 Å². The number of nitrogens with zero attached hydrogens (tertiary/aromatic N) is 2. The fraction of sp³-hybridized carbons (Fsp3) is 0.312. The molecular weight excluding hydrogens is 268 g/mol. The fourth-order valence-electron chi connectivity index (χ4n) is 2.32. The van der Waals surface area contributed by atoms with Crippen LogP contribution in [0.5, 0.6) is 5.75 Å². The van der Waals surface area contributed by atoms with Crippen LogP contribution in [-0.4, -0.2) is 15.7 Å². The maximum Gasteiger partial charge on any atom is 0.120 e. The van der Waals surface area contributed by atoms with Crippen molar-refractivity contribution >= 4 is 22.2 Å². The highest BCUT2D eigenvalue weighted by Crippen LogP contribution is 2.23. The summed E-state index contributed by atoms with van der Waals surface area (Å²) in [4.78, 5) is 4.52. The zero-order valence-electron chi connectivity index (χ0n) is 12.0. The average molecular weight is 286 g/mol. The Balaban J connectivity index is 1.89. The second kappa shape index (κ2) is 5.29. The Morgan fingerprint density at radius 1 is 1.30 bits per heavy atom. The molecule has 0 unspecified atom stereocenters. The largest absolute Gasteiger partial charge is 0.491 e. The van der Waals surface area contributed by atoms with Gasteiger partial charge in [0.15, 0.2) is 0 Å². The first-order valence-corrected chi connectivity index (χ1v) is 7.66. The molecule has 0 bridgehead atoms. The molecule has 0 spiro atoms. The van der Waals surface area contributed by atoms with Crippen molar-refractivity contribution < 1.29 is 4.74 Å². The van der Waals surface area contributed by atoms with Gasteiger partial charge in [-0.3, -0.25) is 0 Å². The van der Waals surface area contributed by atoms with Crippen molar-refractivity contribution in [2.75, 3.05) is 0 Å². The molecule has 3 aromatic rings. The highest BCUT2D eigenvalue weighted by atomic mass is 32.1. The van der Waals surface area contributed by atoms with Crippen LogP contribution in [0.25, 0.3) is 10.9 Å². The minimum atomic E-state index is 0.201. The first-order valence-electron chi connectivity index (χ1n) is 6.78. The summed E-state index contributed by atoms with van der Waals surface area (Å²) in [6.45, 7) is 6.94. The summed E-state index contributed by atoms with van der Waals surface area (Å²) in [5.74, 6) is 0.926. The summed E-state index contributed by atoms with van der Waals surface area (Å²) in [7, 11) is 0. The van der Waals surface area contributed by atoms with Gasteiger partial charge in [0, 0.05) is 22.5 Å². The summed E-state index contributed by atoms with van der Waals surface area (Å²) in [5.41, 5.74) is 2.33. The number of aryl methyl sites for hydroxylation is 1. The molecule has 1 aromatic carbocycles. The molecule has 104 valence electrons. The topological polar surface area (TPSA) is 27.1 Å². The molecule has 0 radical (unpaired) electrons. The van der Waals surface area contributed by atoms with Gasteiger partial charge >= 0.3 is 0 Å². The third kappa shape index (κ3) is 2.70. The molecular formula is C16H18N2OS. The van der Waals surface area contributed by atoms with E-state index in [0.717, 1.165) is 23.0 Å². The summed E-state index contributed by atoms with van der Waals surface area (Å²) in [6.07, 6.45) is 2.31. The molecule has 2 aromatic heterocycles. The van der Waals surface area contributed by atoms with Crippen LogP contribution in [0.3, 0.4) is 0 Å². The molecule has 0 N–H and O–H groups in total. The number of fused-ring (bicyclic) bond motifs is 1. The lowest BCUT2D eigenvalue weighted by Crippen LogP contribution is -2.05. The van der Waals surface area contributed by atoms with E-state index in [4.69, 9.17) is 4.74 Å². The number of hydrogen-bond donors (Lipinski definition) is 0. The molecule has 0 atom stereocenters. The van der Waals surface area contributed by atoms with Crippen molar-refractivity contribution in [3.05, 3.63) is 46.5 Å². The first-order chi connectivity index (χ1) is 9.61.